The fraction of sp³-hybridized carbons (Fsp3) is 0.538. The van der Waals surface area contributed by atoms with Crippen molar-refractivity contribution in [2.75, 3.05) is 11.9 Å². The SMILES string of the molecule is Cc1cc2sc(NC(=O)NC(C)(CO)C3CC3)nc2s1. The van der Waals surface area contributed by atoms with Crippen molar-refractivity contribution in [3.05, 3.63) is 10.9 Å². The standard InChI is InChI=1S/C13H17N3O2S2/c1-7-5-9-10(19-7)14-12(20-9)15-11(18)16-13(2,6-17)8-3-4-8/h5,8,17H,3-4,6H2,1-2H3,(H2,14,15,16,18). The summed E-state index contributed by atoms with van der Waals surface area (Å²) < 4.78 is 1.09. The average Bonchev–Trinajstić information content (AvgIpc) is 3.09. The quantitative estimate of drug-likeness (QED) is 0.812. The maximum Gasteiger partial charge on any atom is 0.321 e. The van der Waals surface area contributed by atoms with Gasteiger partial charge in [-0.05, 0) is 38.7 Å². The third-order valence-electron chi connectivity index (χ3n) is 3.64. The minimum absolute atomic E-state index is 0.0444. The molecule has 5 nitrogen and oxygen atoms in total. The maximum atomic E-state index is 12.0. The van der Waals surface area contributed by atoms with Gasteiger partial charge in [0.2, 0.25) is 0 Å². The van der Waals surface area contributed by atoms with Gasteiger partial charge in [-0.1, -0.05) is 11.3 Å². The zero-order valence-electron chi connectivity index (χ0n) is 11.4. The number of anilines is 1. The van der Waals surface area contributed by atoms with Crippen LogP contribution in [0.2, 0.25) is 0 Å². The van der Waals surface area contributed by atoms with Crippen molar-refractivity contribution in [2.24, 2.45) is 5.92 Å². The number of thiophene rings is 1. The van der Waals surface area contributed by atoms with Crippen molar-refractivity contribution in [1.29, 1.82) is 0 Å². The Balaban J connectivity index is 1.67. The van der Waals surface area contributed by atoms with Gasteiger partial charge in [0.05, 0.1) is 16.8 Å². The lowest BCUT2D eigenvalue weighted by Crippen LogP contribution is -2.52. The lowest BCUT2D eigenvalue weighted by molar-refractivity contribution is 0.159. The second-order valence-electron chi connectivity index (χ2n) is 5.47. The van der Waals surface area contributed by atoms with Gasteiger partial charge >= 0.3 is 6.03 Å². The van der Waals surface area contributed by atoms with E-state index < -0.39 is 5.54 Å². The highest BCUT2D eigenvalue weighted by Gasteiger charge is 2.42. The molecule has 2 aromatic rings. The molecule has 1 unspecified atom stereocenters. The number of rotatable bonds is 4. The third kappa shape index (κ3) is 2.65. The molecular weight excluding hydrogens is 294 g/mol. The Morgan fingerprint density at radius 3 is 2.90 bits per heavy atom. The zero-order valence-corrected chi connectivity index (χ0v) is 13.0. The second-order valence-corrected chi connectivity index (χ2v) is 7.74. The summed E-state index contributed by atoms with van der Waals surface area (Å²) in [5.74, 6) is 0.376. The van der Waals surface area contributed by atoms with E-state index in [0.29, 0.717) is 11.0 Å². The van der Waals surface area contributed by atoms with Crippen LogP contribution in [0.15, 0.2) is 6.07 Å². The number of carbonyl (C=O) groups excluding carboxylic acids is 1. The Bertz CT molecular complexity index is 616. The van der Waals surface area contributed by atoms with Crippen LogP contribution in [0.5, 0.6) is 0 Å². The van der Waals surface area contributed by atoms with Gasteiger partial charge in [0, 0.05) is 4.88 Å². The van der Waals surface area contributed by atoms with Gasteiger partial charge in [-0.25, -0.2) is 9.78 Å². The number of fused-ring (bicyclic) bond motifs is 1. The summed E-state index contributed by atoms with van der Waals surface area (Å²) in [5.41, 5.74) is -0.532. The molecule has 3 N–H and O–H groups in total. The number of urea groups is 1. The first-order chi connectivity index (χ1) is 9.50. The predicted octanol–water partition coefficient (Wildman–Crippen LogP) is 2.95. The van der Waals surface area contributed by atoms with Crippen LogP contribution in [-0.4, -0.2) is 28.3 Å². The molecule has 20 heavy (non-hydrogen) atoms. The molecule has 3 rings (SSSR count). The Morgan fingerprint density at radius 1 is 1.55 bits per heavy atom. The maximum absolute atomic E-state index is 12.0. The van der Waals surface area contributed by atoms with Crippen LogP contribution in [0.25, 0.3) is 9.53 Å². The molecule has 1 atom stereocenters. The number of aliphatic hydroxyl groups is 1. The zero-order chi connectivity index (χ0) is 14.3. The van der Waals surface area contributed by atoms with Crippen LogP contribution < -0.4 is 10.6 Å². The molecule has 0 spiro atoms. The van der Waals surface area contributed by atoms with E-state index in [-0.39, 0.29) is 12.6 Å². The number of nitrogens with one attached hydrogen (secondary N) is 2. The van der Waals surface area contributed by atoms with Crippen LogP contribution in [-0.2, 0) is 0 Å². The largest absolute Gasteiger partial charge is 0.394 e. The highest BCUT2D eigenvalue weighted by atomic mass is 32.1. The number of nitrogens with zero attached hydrogens (tertiary/aromatic N) is 1. The van der Waals surface area contributed by atoms with E-state index in [2.05, 4.69) is 21.7 Å². The van der Waals surface area contributed by atoms with E-state index in [1.54, 1.807) is 11.3 Å². The minimum Gasteiger partial charge on any atom is -0.394 e. The number of carbonyl (C=O) groups is 1. The summed E-state index contributed by atoms with van der Waals surface area (Å²) in [7, 11) is 0. The van der Waals surface area contributed by atoms with Crippen molar-refractivity contribution in [3.8, 4) is 0 Å². The lowest BCUT2D eigenvalue weighted by Gasteiger charge is -2.28. The average molecular weight is 311 g/mol. The van der Waals surface area contributed by atoms with Gasteiger partial charge in [-0.2, -0.15) is 0 Å². The fourth-order valence-electron chi connectivity index (χ4n) is 2.28. The Labute approximate surface area is 125 Å². The normalized spacial score (nSPS) is 17.9. The van der Waals surface area contributed by atoms with E-state index in [0.717, 1.165) is 22.4 Å². The highest BCUT2D eigenvalue weighted by molar-refractivity contribution is 7.29. The number of thiazole rings is 1. The first kappa shape index (κ1) is 13.8. The number of hydrogen-bond acceptors (Lipinski definition) is 5. The summed E-state index contributed by atoms with van der Waals surface area (Å²) in [5, 5.41) is 15.7. The second kappa shape index (κ2) is 4.98. The molecule has 2 aromatic heterocycles. The Kier molecular flexibility index (Phi) is 3.43. The van der Waals surface area contributed by atoms with Gasteiger partial charge in [0.15, 0.2) is 5.13 Å². The molecule has 1 aliphatic rings. The molecule has 0 aliphatic heterocycles. The van der Waals surface area contributed by atoms with Crippen molar-refractivity contribution in [3.63, 3.8) is 0 Å². The molecule has 2 amide bonds. The van der Waals surface area contributed by atoms with Gasteiger partial charge in [0.25, 0.3) is 0 Å². The molecule has 108 valence electrons. The fourth-order valence-corrected chi connectivity index (χ4v) is 4.30. The molecule has 2 heterocycles. The molecule has 0 aromatic carbocycles. The van der Waals surface area contributed by atoms with Crippen LogP contribution >= 0.6 is 22.7 Å². The van der Waals surface area contributed by atoms with Crippen LogP contribution in [0.3, 0.4) is 0 Å². The molecule has 1 fully saturated rings. The molecule has 7 heteroatoms. The smallest absolute Gasteiger partial charge is 0.321 e. The van der Waals surface area contributed by atoms with Gasteiger partial charge in [-0.3, -0.25) is 5.32 Å². The topological polar surface area (TPSA) is 74.2 Å². The number of aliphatic hydroxyl groups excluding tert-OH is 1. The van der Waals surface area contributed by atoms with E-state index in [1.807, 2.05) is 13.8 Å². The first-order valence-corrected chi connectivity index (χ1v) is 8.20. The van der Waals surface area contributed by atoms with E-state index in [1.165, 1.54) is 16.2 Å². The van der Waals surface area contributed by atoms with Crippen molar-refractivity contribution >= 4 is 43.4 Å². The molecular formula is C13H17N3O2S2. The van der Waals surface area contributed by atoms with Crippen molar-refractivity contribution < 1.29 is 9.90 Å². The van der Waals surface area contributed by atoms with E-state index in [9.17, 15) is 9.90 Å². The predicted molar refractivity (Wildman–Crippen MR) is 82.6 cm³/mol. The summed E-state index contributed by atoms with van der Waals surface area (Å²) in [6.07, 6.45) is 2.12. The van der Waals surface area contributed by atoms with Crippen molar-refractivity contribution in [2.45, 2.75) is 32.2 Å². The number of hydrogen-bond donors (Lipinski definition) is 3. The van der Waals surface area contributed by atoms with E-state index >= 15 is 0 Å². The summed E-state index contributed by atoms with van der Waals surface area (Å²) in [6, 6.07) is 1.77. The van der Waals surface area contributed by atoms with Gasteiger partial charge < -0.3 is 10.4 Å². The number of aromatic nitrogens is 1. The molecule has 0 saturated heterocycles. The van der Waals surface area contributed by atoms with Crippen molar-refractivity contribution in [1.82, 2.24) is 10.3 Å². The van der Waals surface area contributed by atoms with Gasteiger partial charge in [-0.15, -0.1) is 11.3 Å². The summed E-state index contributed by atoms with van der Waals surface area (Å²) >= 11 is 3.09. The van der Waals surface area contributed by atoms with Crippen LogP contribution in [0.1, 0.15) is 24.6 Å². The monoisotopic (exact) mass is 311 g/mol. The number of aryl methyl sites for hydroxylation is 1. The van der Waals surface area contributed by atoms with Crippen LogP contribution in [0, 0.1) is 12.8 Å². The first-order valence-electron chi connectivity index (χ1n) is 6.57. The Hall–Kier alpha value is -1.18. The highest BCUT2D eigenvalue weighted by Crippen LogP contribution is 2.39. The molecule has 0 bridgehead atoms. The van der Waals surface area contributed by atoms with E-state index in [4.69, 9.17) is 0 Å². The third-order valence-corrected chi connectivity index (χ3v) is 5.63. The number of amides is 2. The molecule has 1 aliphatic carbocycles. The minimum atomic E-state index is -0.532. The molecule has 0 radical (unpaired) electrons. The lowest BCUT2D eigenvalue weighted by atomic mass is 9.97. The molecule has 1 saturated carbocycles. The summed E-state index contributed by atoms with van der Waals surface area (Å²) in [6.45, 7) is 3.88. The summed E-state index contributed by atoms with van der Waals surface area (Å²) in [4.78, 5) is 18.6. The Morgan fingerprint density at radius 2 is 2.30 bits per heavy atom. The van der Waals surface area contributed by atoms with Crippen LogP contribution in [0.4, 0.5) is 9.93 Å². The van der Waals surface area contributed by atoms with Gasteiger partial charge in [0.1, 0.15) is 4.83 Å².